The molecule has 0 bridgehead atoms. The van der Waals surface area contributed by atoms with Gasteiger partial charge in [0.2, 0.25) is 0 Å². The summed E-state index contributed by atoms with van der Waals surface area (Å²) >= 11 is 0. The summed E-state index contributed by atoms with van der Waals surface area (Å²) in [5, 5.41) is 1.16. The van der Waals surface area contributed by atoms with Crippen LogP contribution in [0.4, 0.5) is 0 Å². The average molecular weight is 373 g/mol. The maximum Gasteiger partial charge on any atom is 0.305 e. The second-order valence-corrected chi connectivity index (χ2v) is 7.61. The van der Waals surface area contributed by atoms with Gasteiger partial charge in [-0.2, -0.15) is 0 Å². The van der Waals surface area contributed by atoms with Gasteiger partial charge in [-0.15, -0.1) is 0 Å². The summed E-state index contributed by atoms with van der Waals surface area (Å²) in [5.74, 6) is -0.113. The van der Waals surface area contributed by atoms with Gasteiger partial charge in [0.1, 0.15) is 0 Å². The molecule has 1 heterocycles. The van der Waals surface area contributed by atoms with E-state index < -0.39 is 0 Å². The van der Waals surface area contributed by atoms with Crippen LogP contribution < -0.4 is 0 Å². The van der Waals surface area contributed by atoms with Crippen molar-refractivity contribution in [2.45, 2.75) is 51.4 Å². The molecule has 3 nitrogen and oxygen atoms in total. The van der Waals surface area contributed by atoms with E-state index in [-0.39, 0.29) is 11.4 Å². The number of unbranched alkanes of at least 4 members (excludes halogenated alkanes) is 1. The molecular formula is C25H27NO2. The molecule has 3 heteroatoms. The van der Waals surface area contributed by atoms with Crippen molar-refractivity contribution in [2.75, 3.05) is 6.61 Å². The van der Waals surface area contributed by atoms with Crippen molar-refractivity contribution in [2.24, 2.45) is 0 Å². The van der Waals surface area contributed by atoms with Crippen LogP contribution in [0.5, 0.6) is 0 Å². The maximum atomic E-state index is 12.2. The summed E-state index contributed by atoms with van der Waals surface area (Å²) in [6.45, 7) is 4.51. The highest BCUT2D eigenvalue weighted by Crippen LogP contribution is 2.53. The Kier molecular flexibility index (Phi) is 5.17. The number of rotatable bonds is 7. The minimum Gasteiger partial charge on any atom is -0.466 e. The first-order valence-electron chi connectivity index (χ1n) is 10.4. The van der Waals surface area contributed by atoms with Crippen molar-refractivity contribution in [3.63, 3.8) is 0 Å². The highest BCUT2D eigenvalue weighted by molar-refractivity contribution is 5.88. The van der Waals surface area contributed by atoms with Crippen molar-refractivity contribution in [1.29, 1.82) is 0 Å². The zero-order valence-corrected chi connectivity index (χ0v) is 16.7. The van der Waals surface area contributed by atoms with Crippen LogP contribution in [-0.2, 0) is 14.9 Å². The standard InChI is InChI=1S/C25H27NO2/c1-3-5-15-25(16-14-23(27)28-4-2)20-12-8-7-11-19(20)24-21(25)17-18-10-6-9-13-22(18)26-24/h6-13,17H,3-5,14-16H2,1-2H3. The lowest BCUT2D eigenvalue weighted by atomic mass is 9.71. The van der Waals surface area contributed by atoms with E-state index in [0.717, 1.165) is 42.3 Å². The Bertz CT molecular complexity index is 1010. The molecule has 3 aromatic rings. The van der Waals surface area contributed by atoms with E-state index in [1.807, 2.05) is 13.0 Å². The predicted molar refractivity (Wildman–Crippen MR) is 113 cm³/mol. The normalized spacial score (nSPS) is 17.4. The summed E-state index contributed by atoms with van der Waals surface area (Å²) < 4.78 is 5.24. The summed E-state index contributed by atoms with van der Waals surface area (Å²) in [5.41, 5.74) is 5.71. The lowest BCUT2D eigenvalue weighted by Gasteiger charge is -2.32. The molecule has 144 valence electrons. The van der Waals surface area contributed by atoms with E-state index in [2.05, 4.69) is 55.5 Å². The van der Waals surface area contributed by atoms with Crippen LogP contribution in [0.25, 0.3) is 22.2 Å². The van der Waals surface area contributed by atoms with Crippen LogP contribution in [-0.4, -0.2) is 17.6 Å². The molecule has 0 amide bonds. The Morgan fingerprint density at radius 1 is 1.00 bits per heavy atom. The molecule has 0 spiro atoms. The number of hydrogen-bond donors (Lipinski definition) is 0. The Hall–Kier alpha value is -2.68. The first kappa shape index (κ1) is 18.7. The molecule has 2 aromatic carbocycles. The maximum absolute atomic E-state index is 12.2. The van der Waals surface area contributed by atoms with Gasteiger partial charge in [0, 0.05) is 22.8 Å². The van der Waals surface area contributed by atoms with Crippen LogP contribution in [0.15, 0.2) is 54.6 Å². The van der Waals surface area contributed by atoms with Crippen molar-refractivity contribution < 1.29 is 9.53 Å². The van der Waals surface area contributed by atoms with Crippen LogP contribution in [0.1, 0.15) is 57.1 Å². The van der Waals surface area contributed by atoms with E-state index in [9.17, 15) is 4.79 Å². The number of esters is 1. The highest BCUT2D eigenvalue weighted by Gasteiger charge is 2.43. The summed E-state index contributed by atoms with van der Waals surface area (Å²) in [4.78, 5) is 17.3. The number of ether oxygens (including phenoxy) is 1. The number of carbonyl (C=O) groups excluding carboxylic acids is 1. The van der Waals surface area contributed by atoms with E-state index in [1.54, 1.807) is 0 Å². The lowest BCUT2D eigenvalue weighted by molar-refractivity contribution is -0.143. The van der Waals surface area contributed by atoms with Gasteiger partial charge in [-0.3, -0.25) is 4.79 Å². The number of hydrogen-bond acceptors (Lipinski definition) is 3. The van der Waals surface area contributed by atoms with Crippen LogP contribution in [0.2, 0.25) is 0 Å². The minimum absolute atomic E-state index is 0.113. The predicted octanol–water partition coefficient (Wildman–Crippen LogP) is 6.03. The van der Waals surface area contributed by atoms with Crippen molar-refractivity contribution >= 4 is 16.9 Å². The van der Waals surface area contributed by atoms with Crippen LogP contribution in [0, 0.1) is 0 Å². The van der Waals surface area contributed by atoms with E-state index in [1.165, 1.54) is 16.7 Å². The number of benzene rings is 2. The smallest absolute Gasteiger partial charge is 0.305 e. The highest BCUT2D eigenvalue weighted by atomic mass is 16.5. The molecule has 1 aromatic heterocycles. The topological polar surface area (TPSA) is 39.2 Å². The summed E-state index contributed by atoms with van der Waals surface area (Å²) in [6, 6.07) is 19.2. The third kappa shape index (κ3) is 3.09. The minimum atomic E-state index is -0.175. The molecular weight excluding hydrogens is 346 g/mol. The first-order valence-corrected chi connectivity index (χ1v) is 10.4. The SMILES string of the molecule is CCCCC1(CCC(=O)OCC)c2ccccc2-c2nc3ccccc3cc21. The van der Waals surface area contributed by atoms with E-state index in [0.29, 0.717) is 13.0 Å². The van der Waals surface area contributed by atoms with Gasteiger partial charge in [0.15, 0.2) is 0 Å². The fraction of sp³-hybridized carbons (Fsp3) is 0.360. The molecule has 0 aliphatic heterocycles. The van der Waals surface area contributed by atoms with Crippen LogP contribution >= 0.6 is 0 Å². The zero-order valence-electron chi connectivity index (χ0n) is 16.7. The number of nitrogens with zero attached hydrogens (tertiary/aromatic N) is 1. The number of fused-ring (bicyclic) bond motifs is 4. The largest absolute Gasteiger partial charge is 0.466 e. The van der Waals surface area contributed by atoms with Gasteiger partial charge in [0.05, 0.1) is 17.8 Å². The second kappa shape index (κ2) is 7.75. The Morgan fingerprint density at radius 2 is 1.79 bits per heavy atom. The van der Waals surface area contributed by atoms with Gasteiger partial charge in [-0.05, 0) is 43.0 Å². The molecule has 28 heavy (non-hydrogen) atoms. The molecule has 4 rings (SSSR count). The molecule has 1 aliphatic rings. The van der Waals surface area contributed by atoms with Gasteiger partial charge in [-0.25, -0.2) is 4.98 Å². The second-order valence-electron chi connectivity index (χ2n) is 7.61. The summed E-state index contributed by atoms with van der Waals surface area (Å²) in [7, 11) is 0. The average Bonchev–Trinajstić information content (AvgIpc) is 2.99. The fourth-order valence-electron chi connectivity index (χ4n) is 4.63. The quantitative estimate of drug-likeness (QED) is 0.474. The molecule has 0 fully saturated rings. The molecule has 0 saturated heterocycles. The fourth-order valence-corrected chi connectivity index (χ4v) is 4.63. The molecule has 0 N–H and O–H groups in total. The molecule has 1 unspecified atom stereocenters. The van der Waals surface area contributed by atoms with Gasteiger partial charge < -0.3 is 4.74 Å². The van der Waals surface area contributed by atoms with Crippen molar-refractivity contribution in [1.82, 2.24) is 4.98 Å². The van der Waals surface area contributed by atoms with Gasteiger partial charge in [-0.1, -0.05) is 62.2 Å². The molecule has 0 radical (unpaired) electrons. The Morgan fingerprint density at radius 3 is 2.61 bits per heavy atom. The van der Waals surface area contributed by atoms with Gasteiger partial charge >= 0.3 is 5.97 Å². The van der Waals surface area contributed by atoms with Crippen LogP contribution in [0.3, 0.4) is 0 Å². The van der Waals surface area contributed by atoms with E-state index in [4.69, 9.17) is 9.72 Å². The Labute approximate surface area is 166 Å². The zero-order chi connectivity index (χ0) is 19.6. The molecule has 1 aliphatic carbocycles. The van der Waals surface area contributed by atoms with Crippen molar-refractivity contribution in [3.8, 4) is 11.3 Å². The number of aromatic nitrogens is 1. The first-order chi connectivity index (χ1) is 13.7. The monoisotopic (exact) mass is 373 g/mol. The molecule has 1 atom stereocenters. The third-order valence-corrected chi connectivity index (χ3v) is 5.96. The van der Waals surface area contributed by atoms with Gasteiger partial charge in [0.25, 0.3) is 0 Å². The third-order valence-electron chi connectivity index (χ3n) is 5.96. The number of para-hydroxylation sites is 1. The molecule has 0 saturated carbocycles. The summed E-state index contributed by atoms with van der Waals surface area (Å²) in [6.07, 6.45) is 4.45. The van der Waals surface area contributed by atoms with Crippen molar-refractivity contribution in [3.05, 3.63) is 65.7 Å². The number of carbonyl (C=O) groups is 1. The lowest BCUT2D eigenvalue weighted by Crippen LogP contribution is -2.27. The van der Waals surface area contributed by atoms with E-state index >= 15 is 0 Å². The Balaban J connectivity index is 1.89. The number of pyridine rings is 1.